The van der Waals surface area contributed by atoms with E-state index in [-0.39, 0.29) is 17.4 Å². The van der Waals surface area contributed by atoms with Gasteiger partial charge in [0.05, 0.1) is 6.04 Å². The Kier molecular flexibility index (Phi) is 5.75. The van der Waals surface area contributed by atoms with E-state index in [1.807, 2.05) is 6.92 Å². The van der Waals surface area contributed by atoms with Gasteiger partial charge in [-0.15, -0.1) is 10.2 Å². The fourth-order valence-corrected chi connectivity index (χ4v) is 3.43. The van der Waals surface area contributed by atoms with E-state index in [0.29, 0.717) is 24.3 Å². The number of hydrogen-bond donors (Lipinski definition) is 2. The van der Waals surface area contributed by atoms with Crippen molar-refractivity contribution in [2.24, 2.45) is 5.92 Å². The number of halogens is 1. The number of H-pyrrole nitrogens is 1. The normalized spacial score (nSPS) is 15.8. The van der Waals surface area contributed by atoms with Gasteiger partial charge < -0.3 is 10.3 Å². The van der Waals surface area contributed by atoms with Crippen molar-refractivity contribution in [2.75, 3.05) is 0 Å². The molecule has 1 aliphatic rings. The Bertz CT molecular complexity index is 830. The monoisotopic (exact) mass is 358 g/mol. The van der Waals surface area contributed by atoms with Crippen molar-refractivity contribution in [3.05, 3.63) is 46.1 Å². The van der Waals surface area contributed by atoms with E-state index in [9.17, 15) is 14.0 Å². The first kappa shape index (κ1) is 18.2. The summed E-state index contributed by atoms with van der Waals surface area (Å²) in [6.07, 6.45) is 5.57. The highest BCUT2D eigenvalue weighted by Gasteiger charge is 2.22. The van der Waals surface area contributed by atoms with Crippen molar-refractivity contribution in [1.29, 1.82) is 0 Å². The molecule has 0 radical (unpaired) electrons. The van der Waals surface area contributed by atoms with Crippen molar-refractivity contribution >= 4 is 5.91 Å². The number of rotatable bonds is 6. The zero-order valence-electron chi connectivity index (χ0n) is 14.8. The lowest BCUT2D eigenvalue weighted by molar-refractivity contribution is -0.122. The Morgan fingerprint density at radius 2 is 2.12 bits per heavy atom. The molecule has 0 aliphatic heterocycles. The maximum Gasteiger partial charge on any atom is 0.275 e. The van der Waals surface area contributed by atoms with Crippen molar-refractivity contribution in [1.82, 2.24) is 20.5 Å². The average Bonchev–Trinajstić information content (AvgIpc) is 3.13. The van der Waals surface area contributed by atoms with Gasteiger partial charge in [-0.25, -0.2) is 4.39 Å². The Hall–Kier alpha value is -2.57. The molecule has 138 valence electrons. The summed E-state index contributed by atoms with van der Waals surface area (Å²) in [6.45, 7) is 1.88. The number of hydrogen-bond acceptors (Lipinski definition) is 4. The third-order valence-corrected chi connectivity index (χ3v) is 4.84. The zero-order chi connectivity index (χ0) is 18.5. The van der Waals surface area contributed by atoms with Crippen LogP contribution in [0.25, 0.3) is 11.4 Å². The lowest BCUT2D eigenvalue weighted by Gasteiger charge is -2.17. The van der Waals surface area contributed by atoms with Crippen LogP contribution in [0.1, 0.15) is 57.2 Å². The summed E-state index contributed by atoms with van der Waals surface area (Å²) in [5.74, 6) is 0.164. The number of aromatic nitrogens is 3. The molecule has 1 saturated carbocycles. The van der Waals surface area contributed by atoms with Crippen LogP contribution in [-0.2, 0) is 4.79 Å². The maximum absolute atomic E-state index is 13.3. The van der Waals surface area contributed by atoms with Crippen LogP contribution < -0.4 is 10.9 Å². The molecule has 1 fully saturated rings. The summed E-state index contributed by atoms with van der Waals surface area (Å²) in [4.78, 5) is 27.3. The topological polar surface area (TPSA) is 87.7 Å². The highest BCUT2D eigenvalue weighted by atomic mass is 19.1. The molecule has 1 amide bonds. The van der Waals surface area contributed by atoms with E-state index >= 15 is 0 Å². The molecule has 0 saturated heterocycles. The summed E-state index contributed by atoms with van der Waals surface area (Å²) in [5, 5.41) is 10.9. The number of nitrogens with one attached hydrogen (secondary N) is 2. The van der Waals surface area contributed by atoms with Crippen molar-refractivity contribution < 1.29 is 9.18 Å². The van der Waals surface area contributed by atoms with Crippen LogP contribution in [0.5, 0.6) is 0 Å². The molecule has 6 nitrogen and oxygen atoms in total. The van der Waals surface area contributed by atoms with Gasteiger partial charge in [-0.1, -0.05) is 31.9 Å². The van der Waals surface area contributed by atoms with Gasteiger partial charge in [0.1, 0.15) is 5.82 Å². The molecule has 26 heavy (non-hydrogen) atoms. The number of benzene rings is 1. The number of amides is 1. The van der Waals surface area contributed by atoms with Gasteiger partial charge in [0.25, 0.3) is 5.56 Å². The summed E-state index contributed by atoms with van der Waals surface area (Å²) < 4.78 is 13.3. The second-order valence-electron chi connectivity index (χ2n) is 6.78. The number of carbonyl (C=O) groups is 1. The van der Waals surface area contributed by atoms with Gasteiger partial charge in [0, 0.05) is 12.0 Å². The minimum atomic E-state index is -0.485. The van der Waals surface area contributed by atoms with Crippen LogP contribution in [0.2, 0.25) is 0 Å². The highest BCUT2D eigenvalue weighted by molar-refractivity contribution is 5.76. The predicted octanol–water partition coefficient (Wildman–Crippen LogP) is 3.12. The Balaban J connectivity index is 1.74. The average molecular weight is 358 g/mol. The first-order valence-corrected chi connectivity index (χ1v) is 9.09. The molecule has 7 heteroatoms. The molecule has 1 aromatic heterocycles. The third-order valence-electron chi connectivity index (χ3n) is 4.84. The van der Waals surface area contributed by atoms with E-state index in [1.54, 1.807) is 6.07 Å². The van der Waals surface area contributed by atoms with Crippen LogP contribution in [0.15, 0.2) is 29.1 Å². The van der Waals surface area contributed by atoms with E-state index < -0.39 is 17.4 Å². The summed E-state index contributed by atoms with van der Waals surface area (Å²) >= 11 is 0. The second kappa shape index (κ2) is 8.21. The third kappa shape index (κ3) is 4.33. The fraction of sp³-hybridized carbons (Fsp3) is 0.474. The van der Waals surface area contributed by atoms with Crippen molar-refractivity contribution in [3.8, 4) is 11.4 Å². The molecule has 1 unspecified atom stereocenters. The minimum absolute atomic E-state index is 0.0563. The summed E-state index contributed by atoms with van der Waals surface area (Å²) in [6, 6.07) is 5.29. The Morgan fingerprint density at radius 1 is 1.35 bits per heavy atom. The molecule has 1 aromatic carbocycles. The zero-order valence-corrected chi connectivity index (χ0v) is 14.8. The van der Waals surface area contributed by atoms with Crippen molar-refractivity contribution in [2.45, 2.75) is 51.5 Å². The van der Waals surface area contributed by atoms with Gasteiger partial charge in [-0.05, 0) is 37.3 Å². The van der Waals surface area contributed by atoms with Gasteiger partial charge >= 0.3 is 0 Å². The summed E-state index contributed by atoms with van der Waals surface area (Å²) in [7, 11) is 0. The number of nitrogens with zero attached hydrogens (tertiary/aromatic N) is 2. The second-order valence-corrected chi connectivity index (χ2v) is 6.78. The fourth-order valence-electron chi connectivity index (χ4n) is 3.43. The van der Waals surface area contributed by atoms with Gasteiger partial charge in [-0.3, -0.25) is 9.59 Å². The van der Waals surface area contributed by atoms with Gasteiger partial charge in [0.2, 0.25) is 5.91 Å². The van der Waals surface area contributed by atoms with Gasteiger partial charge in [0.15, 0.2) is 11.5 Å². The molecular formula is C19H23FN4O2. The van der Waals surface area contributed by atoms with E-state index in [1.165, 1.54) is 31.0 Å². The van der Waals surface area contributed by atoms with E-state index in [0.717, 1.165) is 12.8 Å². The SMILES string of the molecule is CCC(NC(=O)CC1CCCC1)c1nnc(-c2cccc(F)c2)[nH]c1=O. The van der Waals surface area contributed by atoms with E-state index in [2.05, 4.69) is 20.5 Å². The standard InChI is InChI=1S/C19H23FN4O2/c1-2-15(21-16(25)10-12-6-3-4-7-12)17-19(26)22-18(24-23-17)13-8-5-9-14(20)11-13/h5,8-9,11-12,15H,2-4,6-7,10H2,1H3,(H,21,25)(H,22,24,26). The predicted molar refractivity (Wildman–Crippen MR) is 95.8 cm³/mol. The number of carbonyl (C=O) groups excluding carboxylic acids is 1. The first-order chi connectivity index (χ1) is 12.6. The quantitative estimate of drug-likeness (QED) is 0.830. The lowest BCUT2D eigenvalue weighted by Crippen LogP contribution is -2.34. The Morgan fingerprint density at radius 3 is 2.77 bits per heavy atom. The highest BCUT2D eigenvalue weighted by Crippen LogP contribution is 2.27. The molecule has 1 aliphatic carbocycles. The van der Waals surface area contributed by atoms with E-state index in [4.69, 9.17) is 0 Å². The lowest BCUT2D eigenvalue weighted by atomic mass is 10.0. The van der Waals surface area contributed by atoms with Crippen LogP contribution >= 0.6 is 0 Å². The Labute approximate surface area is 151 Å². The molecular weight excluding hydrogens is 335 g/mol. The molecule has 2 N–H and O–H groups in total. The smallest absolute Gasteiger partial charge is 0.275 e. The van der Waals surface area contributed by atoms with Crippen LogP contribution in [0.4, 0.5) is 4.39 Å². The minimum Gasteiger partial charge on any atom is -0.347 e. The molecule has 3 rings (SSSR count). The largest absolute Gasteiger partial charge is 0.347 e. The van der Waals surface area contributed by atoms with Crippen LogP contribution in [0, 0.1) is 11.7 Å². The van der Waals surface area contributed by atoms with Crippen LogP contribution in [-0.4, -0.2) is 21.1 Å². The molecule has 1 heterocycles. The maximum atomic E-state index is 13.3. The number of aromatic amines is 1. The first-order valence-electron chi connectivity index (χ1n) is 9.09. The summed E-state index contributed by atoms with van der Waals surface area (Å²) in [5.41, 5.74) is 0.194. The van der Waals surface area contributed by atoms with Crippen molar-refractivity contribution in [3.63, 3.8) is 0 Å². The molecule has 2 aromatic rings. The molecule has 0 spiro atoms. The van der Waals surface area contributed by atoms with Gasteiger partial charge in [-0.2, -0.15) is 0 Å². The molecule has 0 bridgehead atoms. The van der Waals surface area contributed by atoms with Crippen LogP contribution in [0.3, 0.4) is 0 Å². The molecule has 1 atom stereocenters.